The highest BCUT2D eigenvalue weighted by atomic mass is 35.5. The van der Waals surface area contributed by atoms with E-state index in [2.05, 4.69) is 5.32 Å². The minimum Gasteiger partial charge on any atom is -0.322 e. The zero-order valence-corrected chi connectivity index (χ0v) is 15.9. The summed E-state index contributed by atoms with van der Waals surface area (Å²) in [6, 6.07) is 8.57. The number of hydrogen-bond acceptors (Lipinski definition) is 5. The zero-order chi connectivity index (χ0) is 19.8. The predicted octanol–water partition coefficient (Wildman–Crippen LogP) is 3.35. The van der Waals surface area contributed by atoms with E-state index in [1.54, 1.807) is 25.1 Å². The third-order valence-corrected chi connectivity index (χ3v) is 6.35. The van der Waals surface area contributed by atoms with E-state index >= 15 is 0 Å². The van der Waals surface area contributed by atoms with Crippen LogP contribution in [0, 0.1) is 17.0 Å². The van der Waals surface area contributed by atoms with Gasteiger partial charge in [-0.2, -0.15) is 0 Å². The summed E-state index contributed by atoms with van der Waals surface area (Å²) in [6.07, 6.45) is 0.568. The lowest BCUT2D eigenvalue weighted by molar-refractivity contribution is -0.385. The molecule has 0 bridgehead atoms. The van der Waals surface area contributed by atoms with Gasteiger partial charge in [0.2, 0.25) is 10.0 Å². The number of halogens is 1. The number of rotatable bonds is 4. The van der Waals surface area contributed by atoms with Crippen molar-refractivity contribution in [1.82, 2.24) is 0 Å². The maximum atomic E-state index is 12.5. The van der Waals surface area contributed by atoms with E-state index in [9.17, 15) is 23.3 Å². The van der Waals surface area contributed by atoms with E-state index < -0.39 is 20.9 Å². The number of hydrogen-bond donors (Lipinski definition) is 1. The van der Waals surface area contributed by atoms with Crippen molar-refractivity contribution in [3.05, 3.63) is 62.7 Å². The minimum atomic E-state index is -3.30. The van der Waals surface area contributed by atoms with Gasteiger partial charge < -0.3 is 5.32 Å². The molecule has 8 nitrogen and oxygen atoms in total. The molecule has 1 aliphatic heterocycles. The van der Waals surface area contributed by atoms with Crippen molar-refractivity contribution in [3.63, 3.8) is 0 Å². The number of amides is 1. The van der Waals surface area contributed by atoms with Gasteiger partial charge in [0.15, 0.2) is 0 Å². The van der Waals surface area contributed by atoms with Crippen LogP contribution in [0.3, 0.4) is 0 Å². The first-order chi connectivity index (χ1) is 12.7. The van der Waals surface area contributed by atoms with Crippen LogP contribution in [-0.4, -0.2) is 31.5 Å². The number of sulfonamides is 1. The molecule has 1 amide bonds. The number of nitro groups is 1. The molecule has 0 atom stereocenters. The second-order valence-electron chi connectivity index (χ2n) is 6.11. The highest BCUT2D eigenvalue weighted by Crippen LogP contribution is 2.29. The van der Waals surface area contributed by atoms with Crippen LogP contribution >= 0.6 is 11.6 Å². The van der Waals surface area contributed by atoms with Crippen molar-refractivity contribution < 1.29 is 18.1 Å². The number of aryl methyl sites for hydroxylation is 1. The Morgan fingerprint density at radius 1 is 1.26 bits per heavy atom. The van der Waals surface area contributed by atoms with Crippen LogP contribution in [0.4, 0.5) is 17.1 Å². The first kappa shape index (κ1) is 19.1. The fourth-order valence-electron chi connectivity index (χ4n) is 2.91. The van der Waals surface area contributed by atoms with E-state index in [1.807, 2.05) is 0 Å². The lowest BCUT2D eigenvalue weighted by atomic mass is 10.1. The Balaban J connectivity index is 1.88. The SMILES string of the molecule is Cc1cc(N2CCCS2(=O)=O)ccc1NC(=O)c1cc(Cl)ccc1[N+](=O)[O-]. The molecule has 0 aromatic heterocycles. The van der Waals surface area contributed by atoms with Crippen LogP contribution in [0.25, 0.3) is 0 Å². The molecule has 1 N–H and O–H groups in total. The van der Waals surface area contributed by atoms with Crippen molar-refractivity contribution in [3.8, 4) is 0 Å². The Morgan fingerprint density at radius 3 is 2.59 bits per heavy atom. The second-order valence-corrected chi connectivity index (χ2v) is 8.56. The molecule has 10 heteroatoms. The summed E-state index contributed by atoms with van der Waals surface area (Å²) < 4.78 is 25.4. The average molecular weight is 410 g/mol. The smallest absolute Gasteiger partial charge is 0.282 e. The second kappa shape index (κ2) is 7.16. The third kappa shape index (κ3) is 3.88. The lowest BCUT2D eigenvalue weighted by Gasteiger charge is -2.18. The summed E-state index contributed by atoms with van der Waals surface area (Å²) in [7, 11) is -3.30. The number of benzene rings is 2. The van der Waals surface area contributed by atoms with Gasteiger partial charge in [0.25, 0.3) is 11.6 Å². The molecule has 3 rings (SSSR count). The molecule has 0 unspecified atom stereocenters. The molecule has 0 saturated carbocycles. The molecule has 1 aliphatic rings. The molecule has 0 spiro atoms. The monoisotopic (exact) mass is 409 g/mol. The summed E-state index contributed by atoms with van der Waals surface area (Å²) in [6.45, 7) is 2.14. The number of carbonyl (C=O) groups excluding carboxylic acids is 1. The Kier molecular flexibility index (Phi) is 5.07. The third-order valence-electron chi connectivity index (χ3n) is 4.25. The quantitative estimate of drug-likeness (QED) is 0.615. The van der Waals surface area contributed by atoms with Gasteiger partial charge >= 0.3 is 0 Å². The van der Waals surface area contributed by atoms with Gasteiger partial charge in [-0.3, -0.25) is 19.2 Å². The molecule has 1 heterocycles. The van der Waals surface area contributed by atoms with E-state index in [1.165, 1.54) is 22.5 Å². The van der Waals surface area contributed by atoms with Crippen molar-refractivity contribution in [1.29, 1.82) is 0 Å². The number of carbonyl (C=O) groups is 1. The highest BCUT2D eigenvalue weighted by Gasteiger charge is 2.28. The average Bonchev–Trinajstić information content (AvgIpc) is 2.95. The molecule has 27 heavy (non-hydrogen) atoms. The Bertz CT molecular complexity index is 1040. The lowest BCUT2D eigenvalue weighted by Crippen LogP contribution is -2.25. The molecular weight excluding hydrogens is 394 g/mol. The van der Waals surface area contributed by atoms with Crippen LogP contribution < -0.4 is 9.62 Å². The summed E-state index contributed by atoms with van der Waals surface area (Å²) in [5.41, 5.74) is 1.08. The number of nitrogens with zero attached hydrogens (tertiary/aromatic N) is 2. The minimum absolute atomic E-state index is 0.114. The maximum absolute atomic E-state index is 12.5. The molecular formula is C17H16ClN3O5S. The van der Waals surface area contributed by atoms with Gasteiger partial charge in [-0.25, -0.2) is 8.42 Å². The maximum Gasteiger partial charge on any atom is 0.282 e. The van der Waals surface area contributed by atoms with Gasteiger partial charge in [-0.1, -0.05) is 11.6 Å². The summed E-state index contributed by atoms with van der Waals surface area (Å²) >= 11 is 5.86. The van der Waals surface area contributed by atoms with Gasteiger partial charge in [0, 0.05) is 23.3 Å². The van der Waals surface area contributed by atoms with Gasteiger partial charge in [-0.15, -0.1) is 0 Å². The normalized spacial score (nSPS) is 15.6. The zero-order valence-electron chi connectivity index (χ0n) is 14.3. The van der Waals surface area contributed by atoms with E-state index in [-0.39, 0.29) is 22.0 Å². The molecule has 2 aromatic rings. The van der Waals surface area contributed by atoms with E-state index in [0.717, 1.165) is 0 Å². The molecule has 2 aromatic carbocycles. The van der Waals surface area contributed by atoms with Crippen LogP contribution in [0.5, 0.6) is 0 Å². The predicted molar refractivity (Wildman–Crippen MR) is 103 cm³/mol. The molecule has 142 valence electrons. The van der Waals surface area contributed by atoms with Crippen molar-refractivity contribution >= 4 is 44.6 Å². The van der Waals surface area contributed by atoms with Crippen molar-refractivity contribution in [2.45, 2.75) is 13.3 Å². The largest absolute Gasteiger partial charge is 0.322 e. The fraction of sp³-hybridized carbons (Fsp3) is 0.235. The Morgan fingerprint density at radius 2 is 2.00 bits per heavy atom. The van der Waals surface area contributed by atoms with Gasteiger partial charge in [0.05, 0.1) is 16.4 Å². The summed E-state index contributed by atoms with van der Waals surface area (Å²) in [5, 5.41) is 14.0. The van der Waals surface area contributed by atoms with Gasteiger partial charge in [0.1, 0.15) is 5.56 Å². The summed E-state index contributed by atoms with van der Waals surface area (Å²) in [4.78, 5) is 23.0. The number of nitrogens with one attached hydrogen (secondary N) is 1. The van der Waals surface area contributed by atoms with E-state index in [0.29, 0.717) is 29.9 Å². The first-order valence-corrected chi connectivity index (χ1v) is 10.0. The molecule has 0 aliphatic carbocycles. The summed E-state index contributed by atoms with van der Waals surface area (Å²) in [5.74, 6) is -0.558. The molecule has 1 fully saturated rings. The van der Waals surface area contributed by atoms with Crippen LogP contribution in [0.1, 0.15) is 22.3 Å². The Labute approximate surface area is 160 Å². The van der Waals surface area contributed by atoms with Gasteiger partial charge in [-0.05, 0) is 49.2 Å². The number of anilines is 2. The Hall–Kier alpha value is -2.65. The van der Waals surface area contributed by atoms with E-state index in [4.69, 9.17) is 11.6 Å². The van der Waals surface area contributed by atoms with Crippen LogP contribution in [0.15, 0.2) is 36.4 Å². The molecule has 0 radical (unpaired) electrons. The fourth-order valence-corrected chi connectivity index (χ4v) is 4.64. The van der Waals surface area contributed by atoms with Crippen LogP contribution in [-0.2, 0) is 10.0 Å². The molecule has 1 saturated heterocycles. The number of nitro benzene ring substituents is 1. The standard InChI is InChI=1S/C17H16ClN3O5S/c1-11-9-13(20-7-2-8-27(20,25)26)4-5-15(11)19-17(22)14-10-12(18)3-6-16(14)21(23)24/h3-6,9-10H,2,7-8H2,1H3,(H,19,22). The van der Waals surface area contributed by atoms with Crippen molar-refractivity contribution in [2.75, 3.05) is 21.9 Å². The topological polar surface area (TPSA) is 110 Å². The highest BCUT2D eigenvalue weighted by molar-refractivity contribution is 7.93. The first-order valence-electron chi connectivity index (χ1n) is 8.05. The van der Waals surface area contributed by atoms with Crippen molar-refractivity contribution in [2.24, 2.45) is 0 Å². The van der Waals surface area contributed by atoms with Crippen LogP contribution in [0.2, 0.25) is 5.02 Å².